The summed E-state index contributed by atoms with van der Waals surface area (Å²) in [6.45, 7) is 6.19. The van der Waals surface area contributed by atoms with Crippen LogP contribution in [-0.2, 0) is 11.3 Å². The zero-order valence-electron chi connectivity index (χ0n) is 15.8. The Morgan fingerprint density at radius 1 is 0.815 bits per heavy atom. The van der Waals surface area contributed by atoms with Gasteiger partial charge in [0, 0.05) is 57.1 Å². The highest BCUT2D eigenvalue weighted by atomic mass is 16.2. The summed E-state index contributed by atoms with van der Waals surface area (Å²) in [7, 11) is 0. The standard InChI is InChI=1S/C23H27N3O/c27-23(26-17-15-25(16-18-26)22-9-5-2-6-10-22)21-11-13-24(14-12-21)19-20-7-3-1-4-8-20/h1-11H,12-19H2. The van der Waals surface area contributed by atoms with Crippen molar-refractivity contribution in [3.8, 4) is 0 Å². The van der Waals surface area contributed by atoms with Crippen molar-refractivity contribution in [3.05, 3.63) is 77.9 Å². The van der Waals surface area contributed by atoms with Crippen molar-refractivity contribution in [2.45, 2.75) is 13.0 Å². The largest absolute Gasteiger partial charge is 0.368 e. The van der Waals surface area contributed by atoms with E-state index in [9.17, 15) is 4.79 Å². The lowest BCUT2D eigenvalue weighted by Gasteiger charge is -2.37. The second kappa shape index (κ2) is 8.40. The van der Waals surface area contributed by atoms with E-state index in [0.29, 0.717) is 0 Å². The van der Waals surface area contributed by atoms with E-state index in [1.165, 1.54) is 11.3 Å². The number of carbonyl (C=O) groups excluding carboxylic acids is 1. The van der Waals surface area contributed by atoms with Gasteiger partial charge < -0.3 is 9.80 Å². The predicted octanol–water partition coefficient (Wildman–Crippen LogP) is 3.17. The molecular weight excluding hydrogens is 334 g/mol. The molecule has 0 radical (unpaired) electrons. The van der Waals surface area contributed by atoms with Crippen LogP contribution in [-0.4, -0.2) is 55.0 Å². The quantitative estimate of drug-likeness (QED) is 0.837. The number of benzene rings is 2. The molecule has 0 bridgehead atoms. The zero-order valence-corrected chi connectivity index (χ0v) is 15.8. The molecule has 0 atom stereocenters. The van der Waals surface area contributed by atoms with Crippen molar-refractivity contribution in [1.82, 2.24) is 9.80 Å². The SMILES string of the molecule is O=C(C1=CCN(Cc2ccccc2)CC1)N1CCN(c2ccccc2)CC1. The Morgan fingerprint density at radius 2 is 1.48 bits per heavy atom. The van der Waals surface area contributed by atoms with Gasteiger partial charge in [-0.05, 0) is 24.1 Å². The Balaban J connectivity index is 1.29. The summed E-state index contributed by atoms with van der Waals surface area (Å²) < 4.78 is 0. The van der Waals surface area contributed by atoms with Gasteiger partial charge in [0.25, 0.3) is 0 Å². The van der Waals surface area contributed by atoms with Crippen LogP contribution in [0.4, 0.5) is 5.69 Å². The van der Waals surface area contributed by atoms with E-state index in [2.05, 4.69) is 64.4 Å². The third-order valence-electron chi connectivity index (χ3n) is 5.51. The van der Waals surface area contributed by atoms with Crippen molar-refractivity contribution in [3.63, 3.8) is 0 Å². The molecule has 4 nitrogen and oxygen atoms in total. The number of anilines is 1. The second-order valence-corrected chi connectivity index (χ2v) is 7.31. The molecule has 27 heavy (non-hydrogen) atoms. The van der Waals surface area contributed by atoms with Crippen molar-refractivity contribution in [2.75, 3.05) is 44.2 Å². The van der Waals surface area contributed by atoms with Crippen LogP contribution in [0.25, 0.3) is 0 Å². The fourth-order valence-corrected chi connectivity index (χ4v) is 3.90. The number of rotatable bonds is 4. The molecule has 4 rings (SSSR count). The summed E-state index contributed by atoms with van der Waals surface area (Å²) in [5, 5.41) is 0. The molecule has 0 spiro atoms. The molecule has 1 amide bonds. The average Bonchev–Trinajstić information content (AvgIpc) is 2.75. The Labute approximate surface area is 161 Å². The van der Waals surface area contributed by atoms with Crippen LogP contribution in [0.2, 0.25) is 0 Å². The van der Waals surface area contributed by atoms with E-state index in [1.54, 1.807) is 0 Å². The molecule has 0 N–H and O–H groups in total. The number of piperazine rings is 1. The summed E-state index contributed by atoms with van der Waals surface area (Å²) in [6, 6.07) is 21.0. The summed E-state index contributed by atoms with van der Waals surface area (Å²) in [6.07, 6.45) is 2.99. The number of para-hydroxylation sites is 1. The summed E-state index contributed by atoms with van der Waals surface area (Å²) >= 11 is 0. The van der Waals surface area contributed by atoms with E-state index in [-0.39, 0.29) is 5.91 Å². The van der Waals surface area contributed by atoms with Gasteiger partial charge in [-0.2, -0.15) is 0 Å². The predicted molar refractivity (Wildman–Crippen MR) is 110 cm³/mol. The Hall–Kier alpha value is -2.59. The number of hydrogen-bond donors (Lipinski definition) is 0. The third kappa shape index (κ3) is 4.40. The zero-order chi connectivity index (χ0) is 18.5. The molecule has 2 aromatic carbocycles. The third-order valence-corrected chi connectivity index (χ3v) is 5.51. The molecule has 2 heterocycles. The van der Waals surface area contributed by atoms with Crippen molar-refractivity contribution < 1.29 is 4.79 Å². The van der Waals surface area contributed by atoms with Gasteiger partial charge in [0.1, 0.15) is 0 Å². The maximum atomic E-state index is 12.9. The Morgan fingerprint density at radius 3 is 2.11 bits per heavy atom. The van der Waals surface area contributed by atoms with E-state index < -0.39 is 0 Å². The van der Waals surface area contributed by atoms with Crippen LogP contribution in [0.5, 0.6) is 0 Å². The maximum absolute atomic E-state index is 12.9. The summed E-state index contributed by atoms with van der Waals surface area (Å²) in [4.78, 5) is 19.7. The second-order valence-electron chi connectivity index (χ2n) is 7.31. The van der Waals surface area contributed by atoms with Crippen molar-refractivity contribution >= 4 is 11.6 Å². The minimum absolute atomic E-state index is 0.238. The topological polar surface area (TPSA) is 26.8 Å². The van der Waals surface area contributed by atoms with E-state index in [1.807, 2.05) is 17.0 Å². The molecular formula is C23H27N3O. The van der Waals surface area contributed by atoms with Crippen molar-refractivity contribution in [1.29, 1.82) is 0 Å². The Kier molecular flexibility index (Phi) is 5.54. The highest BCUT2D eigenvalue weighted by Gasteiger charge is 2.25. The molecule has 0 unspecified atom stereocenters. The van der Waals surface area contributed by atoms with Crippen LogP contribution >= 0.6 is 0 Å². The summed E-state index contributed by atoms with van der Waals surface area (Å²) in [5.41, 5.74) is 3.57. The molecule has 140 valence electrons. The normalized spacial score (nSPS) is 18.3. The average molecular weight is 361 g/mol. The molecule has 1 fully saturated rings. The van der Waals surface area contributed by atoms with E-state index in [4.69, 9.17) is 0 Å². The molecule has 0 aliphatic carbocycles. The van der Waals surface area contributed by atoms with Gasteiger partial charge >= 0.3 is 0 Å². The summed E-state index contributed by atoms with van der Waals surface area (Å²) in [5.74, 6) is 0.238. The van der Waals surface area contributed by atoms with Gasteiger partial charge in [-0.1, -0.05) is 54.6 Å². The smallest absolute Gasteiger partial charge is 0.249 e. The molecule has 4 heteroatoms. The maximum Gasteiger partial charge on any atom is 0.249 e. The van der Waals surface area contributed by atoms with Gasteiger partial charge in [0.05, 0.1) is 0 Å². The molecule has 2 aliphatic heterocycles. The lowest BCUT2D eigenvalue weighted by molar-refractivity contribution is -0.127. The van der Waals surface area contributed by atoms with Gasteiger partial charge in [-0.25, -0.2) is 0 Å². The number of carbonyl (C=O) groups is 1. The lowest BCUT2D eigenvalue weighted by Crippen LogP contribution is -2.49. The van der Waals surface area contributed by atoms with Crippen LogP contribution in [0, 0.1) is 0 Å². The fourth-order valence-electron chi connectivity index (χ4n) is 3.90. The van der Waals surface area contributed by atoms with E-state index in [0.717, 1.165) is 57.8 Å². The molecule has 0 aromatic heterocycles. The van der Waals surface area contributed by atoms with Gasteiger partial charge in [-0.15, -0.1) is 0 Å². The van der Waals surface area contributed by atoms with Crippen LogP contribution in [0.3, 0.4) is 0 Å². The lowest BCUT2D eigenvalue weighted by atomic mass is 10.1. The fraction of sp³-hybridized carbons (Fsp3) is 0.348. The van der Waals surface area contributed by atoms with Crippen LogP contribution in [0.1, 0.15) is 12.0 Å². The van der Waals surface area contributed by atoms with Gasteiger partial charge in [-0.3, -0.25) is 9.69 Å². The highest BCUT2D eigenvalue weighted by molar-refractivity contribution is 5.93. The van der Waals surface area contributed by atoms with E-state index >= 15 is 0 Å². The molecule has 0 saturated carbocycles. The first kappa shape index (κ1) is 17.8. The Bertz CT molecular complexity index is 780. The molecule has 1 saturated heterocycles. The molecule has 2 aromatic rings. The van der Waals surface area contributed by atoms with Gasteiger partial charge in [0.2, 0.25) is 5.91 Å². The first-order chi connectivity index (χ1) is 13.3. The highest BCUT2D eigenvalue weighted by Crippen LogP contribution is 2.19. The first-order valence-corrected chi connectivity index (χ1v) is 9.84. The van der Waals surface area contributed by atoms with Crippen LogP contribution in [0.15, 0.2) is 72.3 Å². The number of nitrogens with zero attached hydrogens (tertiary/aromatic N) is 3. The minimum atomic E-state index is 0.238. The van der Waals surface area contributed by atoms with Gasteiger partial charge in [0.15, 0.2) is 0 Å². The number of hydrogen-bond acceptors (Lipinski definition) is 3. The number of amides is 1. The molecule has 2 aliphatic rings. The minimum Gasteiger partial charge on any atom is -0.368 e. The first-order valence-electron chi connectivity index (χ1n) is 9.84. The van der Waals surface area contributed by atoms with Crippen LogP contribution < -0.4 is 4.90 Å². The van der Waals surface area contributed by atoms with Crippen molar-refractivity contribution in [2.24, 2.45) is 0 Å². The monoisotopic (exact) mass is 361 g/mol.